The van der Waals surface area contributed by atoms with Gasteiger partial charge in [0.2, 0.25) is 0 Å². The Kier molecular flexibility index (Phi) is 6.27. The van der Waals surface area contributed by atoms with E-state index in [-0.39, 0.29) is 5.82 Å². The molecule has 1 saturated heterocycles. The molecule has 0 aromatic heterocycles. The van der Waals surface area contributed by atoms with E-state index < -0.39 is 0 Å². The summed E-state index contributed by atoms with van der Waals surface area (Å²) in [6.07, 6.45) is 3.63. The second-order valence-corrected chi connectivity index (χ2v) is 5.63. The van der Waals surface area contributed by atoms with Crippen LogP contribution < -0.4 is 10.1 Å². The van der Waals surface area contributed by atoms with Gasteiger partial charge >= 0.3 is 0 Å². The number of halogens is 1. The van der Waals surface area contributed by atoms with Crippen molar-refractivity contribution in [2.45, 2.75) is 19.3 Å². The van der Waals surface area contributed by atoms with Crippen molar-refractivity contribution in [3.8, 4) is 5.75 Å². The number of piperidine rings is 1. The van der Waals surface area contributed by atoms with Gasteiger partial charge in [-0.15, -0.1) is 0 Å². The molecule has 0 saturated carbocycles. The Labute approximate surface area is 121 Å². The number of nitrogens with one attached hydrogen (secondary N) is 1. The van der Waals surface area contributed by atoms with E-state index in [0.29, 0.717) is 6.61 Å². The Hall–Kier alpha value is -1.13. The fourth-order valence-electron chi connectivity index (χ4n) is 2.67. The van der Waals surface area contributed by atoms with Crippen molar-refractivity contribution in [2.75, 3.05) is 39.8 Å². The van der Waals surface area contributed by atoms with Gasteiger partial charge in [0.1, 0.15) is 11.6 Å². The highest BCUT2D eigenvalue weighted by Gasteiger charge is 2.14. The minimum absolute atomic E-state index is 0.224. The molecule has 2 rings (SSSR count). The maximum atomic E-state index is 12.7. The lowest BCUT2D eigenvalue weighted by Gasteiger charge is -2.27. The number of hydrogen-bond donors (Lipinski definition) is 1. The summed E-state index contributed by atoms with van der Waals surface area (Å²) in [5.74, 6) is 1.30. The van der Waals surface area contributed by atoms with Gasteiger partial charge in [-0.3, -0.25) is 0 Å². The quantitative estimate of drug-likeness (QED) is 0.777. The molecule has 20 heavy (non-hydrogen) atoms. The Morgan fingerprint density at radius 3 is 2.85 bits per heavy atom. The molecule has 1 fully saturated rings. The van der Waals surface area contributed by atoms with Gasteiger partial charge in [0.15, 0.2) is 0 Å². The lowest BCUT2D eigenvalue weighted by Crippen LogP contribution is -2.37. The van der Waals surface area contributed by atoms with Gasteiger partial charge in [0.25, 0.3) is 0 Å². The van der Waals surface area contributed by atoms with E-state index in [1.54, 1.807) is 12.1 Å². The van der Waals surface area contributed by atoms with Gasteiger partial charge in [-0.05, 0) is 69.6 Å². The molecule has 1 aromatic rings. The molecule has 4 heteroatoms. The molecule has 1 aromatic carbocycles. The van der Waals surface area contributed by atoms with E-state index in [4.69, 9.17) is 4.74 Å². The van der Waals surface area contributed by atoms with Crippen molar-refractivity contribution in [1.29, 1.82) is 0 Å². The van der Waals surface area contributed by atoms with Crippen molar-refractivity contribution in [3.05, 3.63) is 30.1 Å². The Balaban J connectivity index is 1.56. The molecule has 1 aliphatic heterocycles. The van der Waals surface area contributed by atoms with Crippen LogP contribution in [0.15, 0.2) is 24.3 Å². The summed E-state index contributed by atoms with van der Waals surface area (Å²) >= 11 is 0. The predicted molar refractivity (Wildman–Crippen MR) is 79.6 cm³/mol. The van der Waals surface area contributed by atoms with Crippen molar-refractivity contribution in [3.63, 3.8) is 0 Å². The molecule has 3 nitrogen and oxygen atoms in total. The number of rotatable bonds is 7. The largest absolute Gasteiger partial charge is 0.494 e. The second-order valence-electron chi connectivity index (χ2n) is 5.63. The maximum absolute atomic E-state index is 12.7. The fourth-order valence-corrected chi connectivity index (χ4v) is 2.67. The first-order valence-electron chi connectivity index (χ1n) is 7.51. The minimum atomic E-state index is -0.224. The Morgan fingerprint density at radius 2 is 2.15 bits per heavy atom. The summed E-state index contributed by atoms with van der Waals surface area (Å²) in [5, 5.41) is 3.45. The predicted octanol–water partition coefficient (Wildman–Crippen LogP) is 2.53. The first-order valence-corrected chi connectivity index (χ1v) is 7.51. The van der Waals surface area contributed by atoms with E-state index in [0.717, 1.165) is 37.7 Å². The Bertz CT molecular complexity index is 377. The molecule has 0 bridgehead atoms. The van der Waals surface area contributed by atoms with Crippen LogP contribution in [0.2, 0.25) is 0 Å². The minimum Gasteiger partial charge on any atom is -0.494 e. The topological polar surface area (TPSA) is 24.5 Å². The molecule has 0 amide bonds. The molecule has 1 N–H and O–H groups in total. The van der Waals surface area contributed by atoms with E-state index in [9.17, 15) is 4.39 Å². The van der Waals surface area contributed by atoms with Gasteiger partial charge in [-0.25, -0.2) is 4.39 Å². The van der Waals surface area contributed by atoms with E-state index in [1.807, 2.05) is 0 Å². The molecule has 1 aliphatic rings. The Morgan fingerprint density at radius 1 is 1.35 bits per heavy atom. The van der Waals surface area contributed by atoms with E-state index >= 15 is 0 Å². The molecule has 1 unspecified atom stereocenters. The fraction of sp³-hybridized carbons (Fsp3) is 0.625. The maximum Gasteiger partial charge on any atom is 0.123 e. The van der Waals surface area contributed by atoms with Crippen LogP contribution >= 0.6 is 0 Å². The zero-order valence-corrected chi connectivity index (χ0v) is 12.3. The van der Waals surface area contributed by atoms with Crippen LogP contribution in [0.4, 0.5) is 4.39 Å². The van der Waals surface area contributed by atoms with Crippen LogP contribution in [0.5, 0.6) is 5.75 Å². The lowest BCUT2D eigenvalue weighted by molar-refractivity contribution is 0.220. The molecule has 0 aliphatic carbocycles. The van der Waals surface area contributed by atoms with Gasteiger partial charge < -0.3 is 15.0 Å². The summed E-state index contributed by atoms with van der Waals surface area (Å²) in [7, 11) is 2.17. The van der Waals surface area contributed by atoms with Crippen molar-refractivity contribution in [1.82, 2.24) is 10.2 Å². The smallest absolute Gasteiger partial charge is 0.123 e. The molecular weight excluding hydrogens is 255 g/mol. The molecule has 0 spiro atoms. The molecular formula is C16H25FN2O. The van der Waals surface area contributed by atoms with Crippen LogP contribution in [0.3, 0.4) is 0 Å². The third-order valence-electron chi connectivity index (χ3n) is 3.74. The van der Waals surface area contributed by atoms with Crippen LogP contribution in [-0.4, -0.2) is 44.7 Å². The molecule has 112 valence electrons. The normalized spacial score (nSPS) is 19.2. The summed E-state index contributed by atoms with van der Waals surface area (Å²) in [5.41, 5.74) is 0. The molecule has 0 radical (unpaired) electrons. The van der Waals surface area contributed by atoms with Crippen LogP contribution in [0.1, 0.15) is 19.3 Å². The van der Waals surface area contributed by atoms with Crippen LogP contribution in [-0.2, 0) is 0 Å². The van der Waals surface area contributed by atoms with Crippen molar-refractivity contribution >= 4 is 0 Å². The molecule has 1 atom stereocenters. The highest BCUT2D eigenvalue weighted by Crippen LogP contribution is 2.12. The number of benzene rings is 1. The monoisotopic (exact) mass is 280 g/mol. The van der Waals surface area contributed by atoms with Crippen molar-refractivity contribution < 1.29 is 9.13 Å². The summed E-state index contributed by atoms with van der Waals surface area (Å²) in [6.45, 7) is 5.20. The second kappa shape index (κ2) is 8.22. The summed E-state index contributed by atoms with van der Waals surface area (Å²) < 4.78 is 18.3. The molecule has 1 heterocycles. The van der Waals surface area contributed by atoms with E-state index in [2.05, 4.69) is 17.3 Å². The van der Waals surface area contributed by atoms with Gasteiger partial charge in [0, 0.05) is 13.1 Å². The van der Waals surface area contributed by atoms with Crippen molar-refractivity contribution in [2.24, 2.45) is 5.92 Å². The third kappa shape index (κ3) is 5.47. The highest BCUT2D eigenvalue weighted by molar-refractivity contribution is 5.21. The average Bonchev–Trinajstić information content (AvgIpc) is 2.46. The first kappa shape index (κ1) is 15.3. The van der Waals surface area contributed by atoms with Crippen LogP contribution in [0.25, 0.3) is 0 Å². The third-order valence-corrected chi connectivity index (χ3v) is 3.74. The van der Waals surface area contributed by atoms with Crippen LogP contribution in [0, 0.1) is 11.7 Å². The summed E-state index contributed by atoms with van der Waals surface area (Å²) in [6, 6.07) is 6.20. The summed E-state index contributed by atoms with van der Waals surface area (Å²) in [4.78, 5) is 2.38. The van der Waals surface area contributed by atoms with Gasteiger partial charge in [-0.2, -0.15) is 0 Å². The van der Waals surface area contributed by atoms with Gasteiger partial charge in [0.05, 0.1) is 6.61 Å². The lowest BCUT2D eigenvalue weighted by atomic mass is 9.99. The number of ether oxygens (including phenoxy) is 1. The number of nitrogens with zero attached hydrogens (tertiary/aromatic N) is 1. The zero-order chi connectivity index (χ0) is 14.2. The standard InChI is InChI=1S/C16H25FN2O/c1-19(13-14-4-2-9-18-12-14)10-3-11-20-16-7-5-15(17)6-8-16/h5-8,14,18H,2-4,9-13H2,1H3. The SMILES string of the molecule is CN(CCCOc1ccc(F)cc1)CC1CCCNC1. The highest BCUT2D eigenvalue weighted by atomic mass is 19.1. The average molecular weight is 280 g/mol. The van der Waals surface area contributed by atoms with Gasteiger partial charge in [-0.1, -0.05) is 0 Å². The first-order chi connectivity index (χ1) is 9.74. The number of hydrogen-bond acceptors (Lipinski definition) is 3. The van der Waals surface area contributed by atoms with E-state index in [1.165, 1.54) is 31.5 Å². The zero-order valence-electron chi connectivity index (χ0n) is 12.3.